The predicted octanol–water partition coefficient (Wildman–Crippen LogP) is 4.01. The number of carbonyl (C=O) groups excluding carboxylic acids is 1. The van der Waals surface area contributed by atoms with E-state index in [2.05, 4.69) is 0 Å². The fourth-order valence-electron chi connectivity index (χ4n) is 5.36. The zero-order valence-electron chi connectivity index (χ0n) is 20.1. The summed E-state index contributed by atoms with van der Waals surface area (Å²) in [5, 5.41) is 12.6. The summed E-state index contributed by atoms with van der Waals surface area (Å²) >= 11 is 0. The summed E-state index contributed by atoms with van der Waals surface area (Å²) < 4.78 is 36.9. The van der Waals surface area contributed by atoms with Crippen LogP contribution in [0.3, 0.4) is 0 Å². The second-order valence-electron chi connectivity index (χ2n) is 9.68. The van der Waals surface area contributed by atoms with Crippen molar-refractivity contribution in [2.24, 2.45) is 5.92 Å². The van der Waals surface area contributed by atoms with Crippen LogP contribution in [0.4, 0.5) is 8.78 Å². The number of hydrogen-bond acceptors (Lipinski definition) is 5. The van der Waals surface area contributed by atoms with Crippen molar-refractivity contribution in [3.05, 3.63) is 105 Å². The number of ether oxygens (including phenoxy) is 1. The Morgan fingerprint density at radius 3 is 2.57 bits per heavy atom. The van der Waals surface area contributed by atoms with Gasteiger partial charge in [0.05, 0.1) is 6.04 Å². The van der Waals surface area contributed by atoms with Crippen LogP contribution < -0.4 is 15.2 Å². The summed E-state index contributed by atoms with van der Waals surface area (Å²) in [4.78, 5) is 27.8. The molecule has 2 atom stereocenters. The maximum atomic E-state index is 15.2. The SMILES string of the molecule is Cc1ccccc1[C@H]1c2ccc(F)c(F)c2OC/C=C/[C@H](C2CC2)N2CN1n1ccc(=O)c(O)c1C2=O. The summed E-state index contributed by atoms with van der Waals surface area (Å²) in [5.74, 6) is -3.27. The third-order valence-corrected chi connectivity index (χ3v) is 7.37. The van der Waals surface area contributed by atoms with E-state index in [0.29, 0.717) is 5.56 Å². The molecule has 1 N–H and O–H groups in total. The summed E-state index contributed by atoms with van der Waals surface area (Å²) in [7, 11) is 0. The number of fused-ring (bicyclic) bond motifs is 5. The van der Waals surface area contributed by atoms with Crippen LogP contribution in [0.15, 0.2) is 65.6 Å². The zero-order chi connectivity index (χ0) is 25.8. The molecule has 7 nitrogen and oxygen atoms in total. The van der Waals surface area contributed by atoms with E-state index >= 15 is 4.39 Å². The van der Waals surface area contributed by atoms with Crippen molar-refractivity contribution in [1.82, 2.24) is 9.58 Å². The van der Waals surface area contributed by atoms with E-state index in [1.807, 2.05) is 37.3 Å². The highest BCUT2D eigenvalue weighted by atomic mass is 19.2. The highest BCUT2D eigenvalue weighted by molar-refractivity contribution is 5.96. The van der Waals surface area contributed by atoms with Gasteiger partial charge in [-0.2, -0.15) is 4.39 Å². The smallest absolute Gasteiger partial charge is 0.278 e. The first-order chi connectivity index (χ1) is 17.9. The molecule has 0 spiro atoms. The van der Waals surface area contributed by atoms with Crippen LogP contribution in [0.25, 0.3) is 0 Å². The summed E-state index contributed by atoms with van der Waals surface area (Å²) in [6.07, 6.45) is 6.82. The Hall–Kier alpha value is -4.14. The van der Waals surface area contributed by atoms with Crippen LogP contribution in [0.1, 0.15) is 46.1 Å². The quantitative estimate of drug-likeness (QED) is 0.533. The lowest BCUT2D eigenvalue weighted by Gasteiger charge is -2.46. The van der Waals surface area contributed by atoms with E-state index in [0.717, 1.165) is 30.0 Å². The van der Waals surface area contributed by atoms with Gasteiger partial charge >= 0.3 is 0 Å². The van der Waals surface area contributed by atoms with E-state index < -0.39 is 34.8 Å². The van der Waals surface area contributed by atoms with Gasteiger partial charge in [-0.25, -0.2) is 4.39 Å². The summed E-state index contributed by atoms with van der Waals surface area (Å²) in [5.41, 5.74) is 1.16. The molecule has 9 heteroatoms. The average Bonchev–Trinajstić information content (AvgIpc) is 3.72. The third-order valence-electron chi connectivity index (χ3n) is 7.37. The molecule has 2 bridgehead atoms. The molecule has 1 aromatic heterocycles. The van der Waals surface area contributed by atoms with Gasteiger partial charge in [0, 0.05) is 17.8 Å². The van der Waals surface area contributed by atoms with Crippen LogP contribution in [-0.4, -0.2) is 39.9 Å². The standard InChI is InChI=1S/C28H25F2N3O4/c1-16-5-2-3-6-18(16)24-19-10-11-20(29)23(30)27(19)37-14-4-7-21(17-8-9-17)31-15-33(24)32-13-12-22(34)26(35)25(32)28(31)36/h2-7,10-13,17,21,24,35H,8-9,14-15H2,1H3/b7-4+/t21-,24+/m1/s1. The molecule has 37 heavy (non-hydrogen) atoms. The van der Waals surface area contributed by atoms with Crippen molar-refractivity contribution in [3.8, 4) is 11.5 Å². The lowest BCUT2D eigenvalue weighted by molar-refractivity contribution is 0.0610. The highest BCUT2D eigenvalue weighted by Crippen LogP contribution is 2.42. The van der Waals surface area contributed by atoms with Crippen molar-refractivity contribution in [1.29, 1.82) is 0 Å². The molecule has 1 fully saturated rings. The first-order valence-electron chi connectivity index (χ1n) is 12.2. The van der Waals surface area contributed by atoms with Crippen LogP contribution in [0.2, 0.25) is 0 Å². The minimum absolute atomic E-state index is 0.0187. The fourth-order valence-corrected chi connectivity index (χ4v) is 5.36. The number of amides is 1. The highest BCUT2D eigenvalue weighted by Gasteiger charge is 2.44. The molecule has 0 radical (unpaired) electrons. The fraction of sp³-hybridized carbons (Fsp3) is 0.286. The molecule has 1 saturated carbocycles. The Bertz CT molecular complexity index is 1500. The van der Waals surface area contributed by atoms with Crippen molar-refractivity contribution >= 4 is 5.91 Å². The first-order valence-corrected chi connectivity index (χ1v) is 12.2. The predicted molar refractivity (Wildman–Crippen MR) is 132 cm³/mol. The molecule has 1 aliphatic carbocycles. The van der Waals surface area contributed by atoms with Gasteiger partial charge in [-0.3, -0.25) is 19.3 Å². The topological polar surface area (TPSA) is 75.0 Å². The molecule has 0 unspecified atom stereocenters. The maximum Gasteiger partial charge on any atom is 0.278 e. The van der Waals surface area contributed by atoms with Gasteiger partial charge in [-0.1, -0.05) is 30.3 Å². The van der Waals surface area contributed by atoms with E-state index in [1.54, 1.807) is 16.0 Å². The third kappa shape index (κ3) is 3.77. The van der Waals surface area contributed by atoms with Crippen molar-refractivity contribution < 1.29 is 23.4 Å². The van der Waals surface area contributed by atoms with Crippen LogP contribution in [0, 0.1) is 24.5 Å². The number of aryl methyl sites for hydroxylation is 1. The van der Waals surface area contributed by atoms with Gasteiger partial charge in [0.2, 0.25) is 11.2 Å². The minimum Gasteiger partial charge on any atom is -0.502 e. The number of aromatic hydroxyl groups is 1. The average molecular weight is 506 g/mol. The van der Waals surface area contributed by atoms with Crippen LogP contribution in [0.5, 0.6) is 11.5 Å². The lowest BCUT2D eigenvalue weighted by Crippen LogP contribution is -2.58. The van der Waals surface area contributed by atoms with E-state index in [-0.39, 0.29) is 36.7 Å². The molecule has 3 heterocycles. The van der Waals surface area contributed by atoms with Crippen molar-refractivity contribution in [2.75, 3.05) is 18.3 Å². The molecule has 2 aromatic carbocycles. The normalized spacial score (nSPS) is 22.0. The molecule has 2 aliphatic heterocycles. The van der Waals surface area contributed by atoms with Gasteiger partial charge in [0.1, 0.15) is 19.3 Å². The van der Waals surface area contributed by atoms with Gasteiger partial charge < -0.3 is 14.7 Å². The monoisotopic (exact) mass is 505 g/mol. The molecular formula is C28H25F2N3O4. The number of aromatic nitrogens is 1. The number of carbonyl (C=O) groups is 1. The Balaban J connectivity index is 1.67. The number of rotatable bonds is 2. The Kier molecular flexibility index (Phi) is 5.51. The van der Waals surface area contributed by atoms with Gasteiger partial charge in [0.15, 0.2) is 23.0 Å². The number of hydrogen-bond donors (Lipinski definition) is 1. The van der Waals surface area contributed by atoms with E-state index in [9.17, 15) is 19.1 Å². The zero-order valence-corrected chi connectivity index (χ0v) is 20.1. The van der Waals surface area contributed by atoms with Gasteiger partial charge in [0.25, 0.3) is 5.91 Å². The number of halogens is 2. The largest absolute Gasteiger partial charge is 0.502 e. The minimum atomic E-state index is -1.10. The Morgan fingerprint density at radius 1 is 1.03 bits per heavy atom. The van der Waals surface area contributed by atoms with Crippen molar-refractivity contribution in [3.63, 3.8) is 0 Å². The number of benzene rings is 2. The Morgan fingerprint density at radius 2 is 1.81 bits per heavy atom. The molecule has 1 amide bonds. The second kappa shape index (κ2) is 8.76. The summed E-state index contributed by atoms with van der Waals surface area (Å²) in [6.45, 7) is 1.97. The molecule has 3 aromatic rings. The van der Waals surface area contributed by atoms with Crippen molar-refractivity contribution in [2.45, 2.75) is 31.8 Å². The molecule has 6 rings (SSSR count). The first kappa shape index (κ1) is 23.3. The molecule has 3 aliphatic rings. The molecular weight excluding hydrogens is 480 g/mol. The molecule has 190 valence electrons. The maximum absolute atomic E-state index is 15.2. The second-order valence-corrected chi connectivity index (χ2v) is 9.68. The lowest BCUT2D eigenvalue weighted by atomic mass is 9.93. The number of nitrogens with zero attached hydrogens (tertiary/aromatic N) is 3. The van der Waals surface area contributed by atoms with E-state index in [4.69, 9.17) is 4.74 Å². The summed E-state index contributed by atoms with van der Waals surface area (Å²) in [6, 6.07) is 10.2. The Labute approximate surface area is 211 Å². The van der Waals surface area contributed by atoms with E-state index in [1.165, 1.54) is 23.0 Å². The number of pyridine rings is 1. The van der Waals surface area contributed by atoms with Crippen LogP contribution >= 0.6 is 0 Å². The van der Waals surface area contributed by atoms with Gasteiger partial charge in [-0.15, -0.1) is 0 Å². The molecule has 0 saturated heterocycles. The van der Waals surface area contributed by atoms with Crippen LogP contribution in [-0.2, 0) is 0 Å². The van der Waals surface area contributed by atoms with Gasteiger partial charge in [-0.05, 0) is 55.0 Å².